The molecule has 5 heteroatoms. The SMILES string of the molecule is CC(CNCc1ccc(Cl)cc1Cl)c1nccs1. The van der Waals surface area contributed by atoms with Crippen LogP contribution in [0.5, 0.6) is 0 Å². The molecule has 0 aliphatic heterocycles. The summed E-state index contributed by atoms with van der Waals surface area (Å²) in [4.78, 5) is 4.31. The molecule has 18 heavy (non-hydrogen) atoms. The molecule has 0 spiro atoms. The molecule has 0 bridgehead atoms. The smallest absolute Gasteiger partial charge is 0.0965 e. The van der Waals surface area contributed by atoms with Crippen molar-refractivity contribution < 1.29 is 0 Å². The van der Waals surface area contributed by atoms with E-state index in [0.29, 0.717) is 16.0 Å². The van der Waals surface area contributed by atoms with Crippen molar-refractivity contribution in [1.82, 2.24) is 10.3 Å². The van der Waals surface area contributed by atoms with E-state index in [0.717, 1.165) is 23.7 Å². The molecule has 0 saturated carbocycles. The van der Waals surface area contributed by atoms with Crippen molar-refractivity contribution >= 4 is 34.5 Å². The quantitative estimate of drug-likeness (QED) is 0.888. The number of nitrogens with one attached hydrogen (secondary N) is 1. The molecule has 0 aliphatic rings. The number of rotatable bonds is 5. The first-order valence-corrected chi connectivity index (χ1v) is 7.34. The van der Waals surface area contributed by atoms with E-state index in [1.807, 2.05) is 23.7 Å². The fourth-order valence-electron chi connectivity index (χ4n) is 1.65. The van der Waals surface area contributed by atoms with Crippen molar-refractivity contribution in [1.29, 1.82) is 0 Å². The third-order valence-corrected chi connectivity index (χ3v) is 4.25. The largest absolute Gasteiger partial charge is 0.312 e. The molecule has 2 aromatic rings. The van der Waals surface area contributed by atoms with Gasteiger partial charge in [0.2, 0.25) is 0 Å². The average Bonchev–Trinajstić information content (AvgIpc) is 2.85. The van der Waals surface area contributed by atoms with Crippen LogP contribution < -0.4 is 5.32 Å². The topological polar surface area (TPSA) is 24.9 Å². The van der Waals surface area contributed by atoms with Crippen LogP contribution in [0.1, 0.15) is 23.4 Å². The van der Waals surface area contributed by atoms with E-state index in [1.165, 1.54) is 0 Å². The summed E-state index contributed by atoms with van der Waals surface area (Å²) in [5.74, 6) is 0.413. The van der Waals surface area contributed by atoms with E-state index in [4.69, 9.17) is 23.2 Å². The molecule has 0 fully saturated rings. The van der Waals surface area contributed by atoms with Gasteiger partial charge in [-0.1, -0.05) is 36.2 Å². The molecule has 96 valence electrons. The third-order valence-electron chi connectivity index (χ3n) is 2.65. The van der Waals surface area contributed by atoms with E-state index in [2.05, 4.69) is 17.2 Å². The number of thiazole rings is 1. The maximum Gasteiger partial charge on any atom is 0.0965 e. The first-order chi connectivity index (χ1) is 8.66. The molecule has 1 aromatic carbocycles. The van der Waals surface area contributed by atoms with E-state index >= 15 is 0 Å². The Hall–Kier alpha value is -0.610. The Labute approximate surface area is 121 Å². The van der Waals surface area contributed by atoms with Gasteiger partial charge in [0.15, 0.2) is 0 Å². The Morgan fingerprint density at radius 3 is 2.89 bits per heavy atom. The normalized spacial score (nSPS) is 12.6. The van der Waals surface area contributed by atoms with Gasteiger partial charge in [0, 0.05) is 40.6 Å². The highest BCUT2D eigenvalue weighted by Gasteiger charge is 2.08. The zero-order chi connectivity index (χ0) is 13.0. The molecule has 1 atom stereocenters. The number of benzene rings is 1. The molecule has 0 radical (unpaired) electrons. The average molecular weight is 301 g/mol. The summed E-state index contributed by atoms with van der Waals surface area (Å²) in [5.41, 5.74) is 1.06. The van der Waals surface area contributed by atoms with Crippen LogP contribution in [0.25, 0.3) is 0 Å². The number of aromatic nitrogens is 1. The maximum absolute atomic E-state index is 6.11. The second kappa shape index (κ2) is 6.53. The van der Waals surface area contributed by atoms with Gasteiger partial charge in [-0.2, -0.15) is 0 Å². The zero-order valence-corrected chi connectivity index (χ0v) is 12.3. The monoisotopic (exact) mass is 300 g/mol. The second-order valence-electron chi connectivity index (χ2n) is 4.14. The van der Waals surface area contributed by atoms with Crippen molar-refractivity contribution in [3.63, 3.8) is 0 Å². The van der Waals surface area contributed by atoms with Crippen LogP contribution in [-0.2, 0) is 6.54 Å². The third kappa shape index (κ3) is 3.69. The Bertz CT molecular complexity index is 500. The number of hydrogen-bond acceptors (Lipinski definition) is 3. The number of hydrogen-bond donors (Lipinski definition) is 1. The lowest BCUT2D eigenvalue weighted by atomic mass is 10.2. The molecule has 2 rings (SSSR count). The van der Waals surface area contributed by atoms with E-state index in [-0.39, 0.29) is 0 Å². The first-order valence-electron chi connectivity index (χ1n) is 5.71. The van der Waals surface area contributed by atoms with Crippen LogP contribution in [0, 0.1) is 0 Å². The molecule has 0 saturated heterocycles. The predicted octanol–water partition coefficient (Wildman–Crippen LogP) is 4.34. The standard InChI is InChI=1S/C13H14Cl2N2S/c1-9(13-17-4-5-18-13)7-16-8-10-2-3-11(14)6-12(10)15/h2-6,9,16H,7-8H2,1H3. The van der Waals surface area contributed by atoms with Crippen LogP contribution in [0.15, 0.2) is 29.8 Å². The van der Waals surface area contributed by atoms with Gasteiger partial charge in [-0.15, -0.1) is 11.3 Å². The fraction of sp³-hybridized carbons (Fsp3) is 0.308. The van der Waals surface area contributed by atoms with Gasteiger partial charge < -0.3 is 5.32 Å². The summed E-state index contributed by atoms with van der Waals surface area (Å²) < 4.78 is 0. The van der Waals surface area contributed by atoms with Gasteiger partial charge in [-0.25, -0.2) is 4.98 Å². The van der Waals surface area contributed by atoms with Gasteiger partial charge in [0.25, 0.3) is 0 Å². The molecule has 0 aliphatic carbocycles. The summed E-state index contributed by atoms with van der Waals surface area (Å²) >= 11 is 13.7. The Kier molecular flexibility index (Phi) is 5.01. The molecule has 1 heterocycles. The van der Waals surface area contributed by atoms with Crippen molar-refractivity contribution in [3.8, 4) is 0 Å². The molecular weight excluding hydrogens is 287 g/mol. The van der Waals surface area contributed by atoms with Crippen molar-refractivity contribution in [2.45, 2.75) is 19.4 Å². The Balaban J connectivity index is 1.85. The highest BCUT2D eigenvalue weighted by molar-refractivity contribution is 7.09. The fourth-order valence-corrected chi connectivity index (χ4v) is 2.83. The van der Waals surface area contributed by atoms with E-state index in [1.54, 1.807) is 17.4 Å². The van der Waals surface area contributed by atoms with Gasteiger partial charge in [-0.05, 0) is 17.7 Å². The number of halogens is 2. The van der Waals surface area contributed by atoms with Crippen LogP contribution >= 0.6 is 34.5 Å². The Morgan fingerprint density at radius 2 is 2.22 bits per heavy atom. The highest BCUT2D eigenvalue weighted by atomic mass is 35.5. The zero-order valence-electron chi connectivity index (χ0n) is 9.99. The lowest BCUT2D eigenvalue weighted by Crippen LogP contribution is -2.19. The second-order valence-corrected chi connectivity index (χ2v) is 5.91. The summed E-state index contributed by atoms with van der Waals surface area (Å²) in [6.07, 6.45) is 1.84. The highest BCUT2D eigenvalue weighted by Crippen LogP contribution is 2.21. The molecule has 2 nitrogen and oxygen atoms in total. The van der Waals surface area contributed by atoms with Crippen molar-refractivity contribution in [3.05, 3.63) is 50.4 Å². The lowest BCUT2D eigenvalue weighted by molar-refractivity contribution is 0.613. The summed E-state index contributed by atoms with van der Waals surface area (Å²) in [6.45, 7) is 3.79. The summed E-state index contributed by atoms with van der Waals surface area (Å²) in [7, 11) is 0. The van der Waals surface area contributed by atoms with Crippen LogP contribution in [0.3, 0.4) is 0 Å². The predicted molar refractivity (Wildman–Crippen MR) is 78.7 cm³/mol. The van der Waals surface area contributed by atoms with E-state index < -0.39 is 0 Å². The molecular formula is C13H14Cl2N2S. The number of nitrogens with zero attached hydrogens (tertiary/aromatic N) is 1. The maximum atomic E-state index is 6.11. The molecule has 1 aromatic heterocycles. The Morgan fingerprint density at radius 1 is 1.39 bits per heavy atom. The molecule has 0 amide bonds. The van der Waals surface area contributed by atoms with Crippen molar-refractivity contribution in [2.24, 2.45) is 0 Å². The lowest BCUT2D eigenvalue weighted by Gasteiger charge is -2.11. The molecule has 1 N–H and O–H groups in total. The van der Waals surface area contributed by atoms with Gasteiger partial charge in [0.05, 0.1) is 5.01 Å². The first kappa shape index (κ1) is 13.8. The van der Waals surface area contributed by atoms with Gasteiger partial charge in [-0.3, -0.25) is 0 Å². The van der Waals surface area contributed by atoms with Gasteiger partial charge in [0.1, 0.15) is 0 Å². The summed E-state index contributed by atoms with van der Waals surface area (Å²) in [5, 5.41) is 7.92. The van der Waals surface area contributed by atoms with Crippen LogP contribution in [0.4, 0.5) is 0 Å². The van der Waals surface area contributed by atoms with Crippen molar-refractivity contribution in [2.75, 3.05) is 6.54 Å². The van der Waals surface area contributed by atoms with Gasteiger partial charge >= 0.3 is 0 Å². The minimum Gasteiger partial charge on any atom is -0.312 e. The summed E-state index contributed by atoms with van der Waals surface area (Å²) in [6, 6.07) is 5.57. The molecule has 1 unspecified atom stereocenters. The minimum absolute atomic E-state index is 0.413. The van der Waals surface area contributed by atoms with Crippen LogP contribution in [-0.4, -0.2) is 11.5 Å². The minimum atomic E-state index is 0.413. The van der Waals surface area contributed by atoms with Crippen LogP contribution in [0.2, 0.25) is 10.0 Å². The van der Waals surface area contributed by atoms with E-state index in [9.17, 15) is 0 Å².